The number of nitrogens with one attached hydrogen (secondary N) is 2. The van der Waals surface area contributed by atoms with Crippen molar-refractivity contribution in [3.05, 3.63) is 23.8 Å². The molecule has 1 aliphatic heterocycles. The normalized spacial score (nSPS) is 18.2. The molecule has 0 saturated carbocycles. The summed E-state index contributed by atoms with van der Waals surface area (Å²) in [6.07, 6.45) is 3.28. The number of hydrogen-bond donors (Lipinski definition) is 3. The van der Waals surface area contributed by atoms with Crippen LogP contribution in [-0.2, 0) is 4.74 Å². The van der Waals surface area contributed by atoms with Gasteiger partial charge in [-0.05, 0) is 44.4 Å². The zero-order valence-electron chi connectivity index (χ0n) is 12.0. The maximum absolute atomic E-state index is 9.44. The number of phenols is 1. The molecule has 1 unspecified atom stereocenters. The van der Waals surface area contributed by atoms with Crippen LogP contribution in [0.15, 0.2) is 18.2 Å². The number of hydrogen-bond acceptors (Lipinski definition) is 4. The predicted molar refractivity (Wildman–Crippen MR) is 79.2 cm³/mol. The van der Waals surface area contributed by atoms with Crippen molar-refractivity contribution in [1.82, 2.24) is 0 Å². The number of rotatable bonds is 3. The van der Waals surface area contributed by atoms with Crippen LogP contribution in [0.25, 0.3) is 0 Å². The molecule has 19 heavy (non-hydrogen) atoms. The monoisotopic (exact) mass is 264 g/mol. The minimum atomic E-state index is 0.0198. The molecule has 1 fully saturated rings. The van der Waals surface area contributed by atoms with Crippen molar-refractivity contribution >= 4 is 11.4 Å². The van der Waals surface area contributed by atoms with Crippen LogP contribution < -0.4 is 5.32 Å². The van der Waals surface area contributed by atoms with Crippen LogP contribution in [0.5, 0.6) is 5.75 Å². The third kappa shape index (κ3) is 4.56. The molecule has 0 aromatic heterocycles. The van der Waals surface area contributed by atoms with E-state index in [0.29, 0.717) is 5.71 Å². The van der Waals surface area contributed by atoms with Crippen molar-refractivity contribution < 1.29 is 9.84 Å². The molecule has 0 aliphatic carbocycles. The van der Waals surface area contributed by atoms with Gasteiger partial charge in [0.05, 0.1) is 0 Å². The molecule has 1 heterocycles. The van der Waals surface area contributed by atoms with E-state index in [0.717, 1.165) is 37.1 Å². The lowest BCUT2D eigenvalue weighted by atomic mass is 10.1. The Morgan fingerprint density at radius 1 is 1.37 bits per heavy atom. The van der Waals surface area contributed by atoms with Crippen molar-refractivity contribution in [2.75, 3.05) is 11.9 Å². The van der Waals surface area contributed by atoms with Gasteiger partial charge in [0, 0.05) is 23.6 Å². The molecule has 1 atom stereocenters. The van der Waals surface area contributed by atoms with Crippen molar-refractivity contribution in [1.29, 1.82) is 5.41 Å². The first-order valence-electron chi connectivity index (χ1n) is 6.93. The number of ether oxygens (including phenoxy) is 1. The second-order valence-corrected chi connectivity index (χ2v) is 4.35. The summed E-state index contributed by atoms with van der Waals surface area (Å²) in [5.74, 6) is 0.182. The van der Waals surface area contributed by atoms with Gasteiger partial charge in [0.2, 0.25) is 0 Å². The molecule has 106 valence electrons. The summed E-state index contributed by atoms with van der Waals surface area (Å²) >= 11 is 0. The van der Waals surface area contributed by atoms with Crippen LogP contribution in [0.1, 0.15) is 45.6 Å². The van der Waals surface area contributed by atoms with Crippen LogP contribution in [0.2, 0.25) is 0 Å². The van der Waals surface area contributed by atoms with Gasteiger partial charge in [-0.2, -0.15) is 0 Å². The second kappa shape index (κ2) is 7.79. The highest BCUT2D eigenvalue weighted by atomic mass is 16.5. The summed E-state index contributed by atoms with van der Waals surface area (Å²) in [4.78, 5) is 0. The SMILES string of the molecule is CC.CC(=N)c1cc(O)ccc1NC1CCCCO1. The number of phenolic OH excluding ortho intramolecular Hbond substituents is 1. The van der Waals surface area contributed by atoms with E-state index in [1.165, 1.54) is 0 Å². The molecule has 1 aromatic carbocycles. The molecule has 1 saturated heterocycles. The summed E-state index contributed by atoms with van der Waals surface area (Å²) in [6, 6.07) is 5.02. The van der Waals surface area contributed by atoms with Crippen molar-refractivity contribution in [3.8, 4) is 5.75 Å². The molecule has 0 amide bonds. The van der Waals surface area contributed by atoms with E-state index >= 15 is 0 Å². The molecular formula is C15H24N2O2. The number of benzene rings is 1. The molecule has 0 bridgehead atoms. The Bertz CT molecular complexity index is 413. The zero-order valence-corrected chi connectivity index (χ0v) is 12.0. The van der Waals surface area contributed by atoms with Crippen molar-refractivity contribution in [2.24, 2.45) is 0 Å². The van der Waals surface area contributed by atoms with Crippen molar-refractivity contribution in [3.63, 3.8) is 0 Å². The first kappa shape index (κ1) is 15.5. The molecule has 4 heteroatoms. The van der Waals surface area contributed by atoms with Crippen LogP contribution in [0, 0.1) is 5.41 Å². The standard InChI is InChI=1S/C13H18N2O2.C2H6/c1-9(14)11-8-10(16)5-6-12(11)15-13-4-2-3-7-17-13;1-2/h5-6,8,13-16H,2-4,7H2,1H3;1-2H3. The second-order valence-electron chi connectivity index (χ2n) is 4.35. The quantitative estimate of drug-likeness (QED) is 0.575. The van der Waals surface area contributed by atoms with Gasteiger partial charge >= 0.3 is 0 Å². The molecule has 1 aliphatic rings. The van der Waals surface area contributed by atoms with Crippen LogP contribution in [0.3, 0.4) is 0 Å². The Morgan fingerprint density at radius 3 is 2.68 bits per heavy atom. The average molecular weight is 264 g/mol. The molecule has 1 aromatic rings. The fraction of sp³-hybridized carbons (Fsp3) is 0.533. The van der Waals surface area contributed by atoms with E-state index in [9.17, 15) is 5.11 Å². The summed E-state index contributed by atoms with van der Waals surface area (Å²) < 4.78 is 5.60. The van der Waals surface area contributed by atoms with E-state index in [1.54, 1.807) is 25.1 Å². The number of aromatic hydroxyl groups is 1. The Labute approximate surface area is 115 Å². The van der Waals surface area contributed by atoms with E-state index in [4.69, 9.17) is 10.1 Å². The fourth-order valence-electron chi connectivity index (χ4n) is 2.00. The Kier molecular flexibility index (Phi) is 6.36. The van der Waals surface area contributed by atoms with E-state index in [1.807, 2.05) is 13.8 Å². The van der Waals surface area contributed by atoms with Gasteiger partial charge in [-0.1, -0.05) is 13.8 Å². The fourth-order valence-corrected chi connectivity index (χ4v) is 2.00. The van der Waals surface area contributed by atoms with Crippen LogP contribution >= 0.6 is 0 Å². The Hall–Kier alpha value is -1.55. The minimum Gasteiger partial charge on any atom is -0.508 e. The Balaban J connectivity index is 0.000000861. The van der Waals surface area contributed by atoms with E-state index < -0.39 is 0 Å². The third-order valence-electron chi connectivity index (χ3n) is 2.90. The lowest BCUT2D eigenvalue weighted by Gasteiger charge is -2.25. The predicted octanol–water partition coefficient (Wildman–Crippen LogP) is 3.74. The number of anilines is 1. The minimum absolute atomic E-state index is 0.0198. The summed E-state index contributed by atoms with van der Waals surface area (Å²) in [5.41, 5.74) is 2.00. The van der Waals surface area contributed by atoms with Gasteiger partial charge in [0.25, 0.3) is 0 Å². The van der Waals surface area contributed by atoms with Gasteiger partial charge in [-0.25, -0.2) is 0 Å². The first-order chi connectivity index (χ1) is 9.16. The highest BCUT2D eigenvalue weighted by Crippen LogP contribution is 2.24. The van der Waals surface area contributed by atoms with Gasteiger partial charge in [-0.15, -0.1) is 0 Å². The molecule has 4 nitrogen and oxygen atoms in total. The first-order valence-corrected chi connectivity index (χ1v) is 6.93. The largest absolute Gasteiger partial charge is 0.508 e. The molecule has 0 spiro atoms. The highest BCUT2D eigenvalue weighted by Gasteiger charge is 2.15. The molecular weight excluding hydrogens is 240 g/mol. The summed E-state index contributed by atoms with van der Waals surface area (Å²) in [5, 5.41) is 20.4. The lowest BCUT2D eigenvalue weighted by Crippen LogP contribution is -2.27. The molecule has 2 rings (SSSR count). The smallest absolute Gasteiger partial charge is 0.127 e. The molecule has 0 radical (unpaired) electrons. The van der Waals surface area contributed by atoms with Crippen LogP contribution in [0.4, 0.5) is 5.69 Å². The lowest BCUT2D eigenvalue weighted by molar-refractivity contribution is 0.0343. The summed E-state index contributed by atoms with van der Waals surface area (Å²) in [7, 11) is 0. The van der Waals surface area contributed by atoms with Gasteiger partial charge < -0.3 is 20.6 Å². The average Bonchev–Trinajstić information content (AvgIpc) is 2.44. The topological polar surface area (TPSA) is 65.3 Å². The highest BCUT2D eigenvalue weighted by molar-refractivity contribution is 6.01. The summed E-state index contributed by atoms with van der Waals surface area (Å²) in [6.45, 7) is 6.50. The van der Waals surface area contributed by atoms with Gasteiger partial charge in [0.1, 0.15) is 12.0 Å². The van der Waals surface area contributed by atoms with Gasteiger partial charge in [-0.3, -0.25) is 0 Å². The van der Waals surface area contributed by atoms with Gasteiger partial charge in [0.15, 0.2) is 0 Å². The molecule has 3 N–H and O–H groups in total. The maximum atomic E-state index is 9.44. The van der Waals surface area contributed by atoms with E-state index in [-0.39, 0.29) is 12.0 Å². The van der Waals surface area contributed by atoms with Crippen molar-refractivity contribution in [2.45, 2.75) is 46.3 Å². The van der Waals surface area contributed by atoms with E-state index in [2.05, 4.69) is 5.32 Å². The zero-order chi connectivity index (χ0) is 14.3. The Morgan fingerprint density at radius 2 is 2.11 bits per heavy atom. The maximum Gasteiger partial charge on any atom is 0.127 e. The van der Waals surface area contributed by atoms with Crippen LogP contribution in [-0.4, -0.2) is 23.7 Å². The third-order valence-corrected chi connectivity index (χ3v) is 2.90.